The molecule has 0 saturated carbocycles. The lowest BCUT2D eigenvalue weighted by Crippen LogP contribution is -2.19. The summed E-state index contributed by atoms with van der Waals surface area (Å²) in [5.41, 5.74) is 1.30. The minimum Gasteiger partial charge on any atom is -0.491 e. The molecule has 1 N–H and O–H groups in total. The van der Waals surface area contributed by atoms with Crippen LogP contribution in [0.3, 0.4) is 0 Å². The van der Waals surface area contributed by atoms with Gasteiger partial charge in [0, 0.05) is 19.8 Å². The van der Waals surface area contributed by atoms with E-state index in [1.54, 1.807) is 7.11 Å². The molecule has 0 aliphatic heterocycles. The molecule has 1 unspecified atom stereocenters. The van der Waals surface area contributed by atoms with Crippen molar-refractivity contribution in [3.8, 4) is 5.75 Å². The number of nitrogens with one attached hydrogen (secondary N) is 1. The second-order valence-corrected chi connectivity index (χ2v) is 5.46. The predicted molar refractivity (Wildman–Crippen MR) is 84.4 cm³/mol. The largest absolute Gasteiger partial charge is 0.491 e. The lowest BCUT2D eigenvalue weighted by Gasteiger charge is -2.15. The van der Waals surface area contributed by atoms with Gasteiger partial charge in [-0.1, -0.05) is 12.1 Å². The van der Waals surface area contributed by atoms with Crippen molar-refractivity contribution in [2.24, 2.45) is 0 Å². The molecule has 1 atom stereocenters. The van der Waals surface area contributed by atoms with Gasteiger partial charge >= 0.3 is 0 Å². The number of methoxy groups -OCH3 is 1. The molecule has 0 aliphatic rings. The molecule has 1 rings (SSSR count). The topological polar surface area (TPSA) is 30.5 Å². The van der Waals surface area contributed by atoms with Gasteiger partial charge in [-0.15, -0.1) is 0 Å². The third-order valence-corrected chi connectivity index (χ3v) is 3.23. The molecule has 0 bridgehead atoms. The Hall–Kier alpha value is -1.06. The maximum Gasteiger partial charge on any atom is 0.119 e. The summed E-state index contributed by atoms with van der Waals surface area (Å²) in [5, 5.41) is 3.55. The molecule has 0 heterocycles. The van der Waals surface area contributed by atoms with Crippen LogP contribution >= 0.6 is 0 Å². The minimum absolute atomic E-state index is 0.225. The summed E-state index contributed by atoms with van der Waals surface area (Å²) in [4.78, 5) is 0. The van der Waals surface area contributed by atoms with E-state index in [4.69, 9.17) is 9.47 Å². The van der Waals surface area contributed by atoms with Gasteiger partial charge in [-0.25, -0.2) is 0 Å². The first-order valence-corrected chi connectivity index (χ1v) is 7.62. The van der Waals surface area contributed by atoms with Crippen molar-refractivity contribution in [2.45, 2.75) is 52.2 Å². The van der Waals surface area contributed by atoms with E-state index in [0.29, 0.717) is 6.04 Å². The van der Waals surface area contributed by atoms with E-state index < -0.39 is 0 Å². The van der Waals surface area contributed by atoms with Gasteiger partial charge in [0.15, 0.2) is 0 Å². The smallest absolute Gasteiger partial charge is 0.119 e. The van der Waals surface area contributed by atoms with Crippen molar-refractivity contribution < 1.29 is 9.47 Å². The molecule has 114 valence electrons. The average Bonchev–Trinajstić information content (AvgIpc) is 2.42. The van der Waals surface area contributed by atoms with Crippen LogP contribution in [0.4, 0.5) is 0 Å². The number of unbranched alkanes of at least 4 members (excludes halogenated alkanes) is 2. The second kappa shape index (κ2) is 9.78. The molecule has 0 spiro atoms. The Morgan fingerprint density at radius 3 is 2.30 bits per heavy atom. The molecule has 3 heteroatoms. The van der Waals surface area contributed by atoms with Gasteiger partial charge in [0.05, 0.1) is 6.10 Å². The van der Waals surface area contributed by atoms with Crippen LogP contribution < -0.4 is 10.1 Å². The van der Waals surface area contributed by atoms with Crippen molar-refractivity contribution in [3.63, 3.8) is 0 Å². The molecule has 3 nitrogen and oxygen atoms in total. The van der Waals surface area contributed by atoms with E-state index in [2.05, 4.69) is 24.4 Å². The van der Waals surface area contributed by atoms with Crippen LogP contribution in [0.15, 0.2) is 24.3 Å². The van der Waals surface area contributed by atoms with E-state index in [9.17, 15) is 0 Å². The first-order chi connectivity index (χ1) is 9.63. The van der Waals surface area contributed by atoms with Gasteiger partial charge in [0.25, 0.3) is 0 Å². The zero-order valence-corrected chi connectivity index (χ0v) is 13.3. The standard InChI is InChI=1S/C17H29NO2/c1-14(2)20-17-10-8-16(9-11-17)15(3)18-12-6-5-7-13-19-4/h8-11,14-15,18H,5-7,12-13H2,1-4H3. The lowest BCUT2D eigenvalue weighted by atomic mass is 10.1. The number of hydrogen-bond acceptors (Lipinski definition) is 3. The fourth-order valence-electron chi connectivity index (χ4n) is 2.09. The predicted octanol–water partition coefficient (Wildman–Crippen LogP) is 3.94. The van der Waals surface area contributed by atoms with Crippen molar-refractivity contribution in [2.75, 3.05) is 20.3 Å². The van der Waals surface area contributed by atoms with Crippen LogP contribution in [0.1, 0.15) is 51.6 Å². The lowest BCUT2D eigenvalue weighted by molar-refractivity contribution is 0.192. The minimum atomic E-state index is 0.225. The van der Waals surface area contributed by atoms with Gasteiger partial charge < -0.3 is 14.8 Å². The summed E-state index contributed by atoms with van der Waals surface area (Å²) in [6, 6.07) is 8.75. The quantitative estimate of drug-likeness (QED) is 0.658. The highest BCUT2D eigenvalue weighted by Gasteiger charge is 2.05. The third-order valence-electron chi connectivity index (χ3n) is 3.23. The highest BCUT2D eigenvalue weighted by molar-refractivity contribution is 5.29. The molecular weight excluding hydrogens is 250 g/mol. The Morgan fingerprint density at radius 2 is 1.70 bits per heavy atom. The summed E-state index contributed by atoms with van der Waals surface area (Å²) in [5.74, 6) is 0.940. The van der Waals surface area contributed by atoms with Gasteiger partial charge in [0.2, 0.25) is 0 Å². The van der Waals surface area contributed by atoms with Crippen LogP contribution in [0.5, 0.6) is 5.75 Å². The van der Waals surface area contributed by atoms with Crippen molar-refractivity contribution in [1.82, 2.24) is 5.32 Å². The monoisotopic (exact) mass is 279 g/mol. The highest BCUT2D eigenvalue weighted by atomic mass is 16.5. The van der Waals surface area contributed by atoms with Gasteiger partial charge in [-0.05, 0) is 64.3 Å². The van der Waals surface area contributed by atoms with Gasteiger partial charge in [0.1, 0.15) is 5.75 Å². The van der Waals surface area contributed by atoms with E-state index in [0.717, 1.165) is 25.3 Å². The molecule has 0 aliphatic carbocycles. The molecule has 0 saturated heterocycles. The van der Waals surface area contributed by atoms with E-state index in [1.807, 2.05) is 26.0 Å². The van der Waals surface area contributed by atoms with Crippen molar-refractivity contribution in [3.05, 3.63) is 29.8 Å². The van der Waals surface area contributed by atoms with Crippen LogP contribution in [0.2, 0.25) is 0 Å². The fourth-order valence-corrected chi connectivity index (χ4v) is 2.09. The first kappa shape index (κ1) is 17.0. The van der Waals surface area contributed by atoms with Crippen LogP contribution in [0.25, 0.3) is 0 Å². The van der Waals surface area contributed by atoms with Crippen LogP contribution in [-0.4, -0.2) is 26.4 Å². The number of hydrogen-bond donors (Lipinski definition) is 1. The summed E-state index contributed by atoms with van der Waals surface area (Å²) in [6.07, 6.45) is 3.79. The molecule has 0 radical (unpaired) electrons. The molecule has 0 fully saturated rings. The average molecular weight is 279 g/mol. The molecular formula is C17H29NO2. The number of benzene rings is 1. The van der Waals surface area contributed by atoms with Gasteiger partial charge in [-0.2, -0.15) is 0 Å². The van der Waals surface area contributed by atoms with E-state index in [1.165, 1.54) is 18.4 Å². The summed E-state index contributed by atoms with van der Waals surface area (Å²) in [6.45, 7) is 8.21. The van der Waals surface area contributed by atoms with Crippen LogP contribution in [0, 0.1) is 0 Å². The zero-order chi connectivity index (χ0) is 14.8. The molecule has 20 heavy (non-hydrogen) atoms. The third kappa shape index (κ3) is 6.92. The Balaban J connectivity index is 2.27. The first-order valence-electron chi connectivity index (χ1n) is 7.62. The SMILES string of the molecule is COCCCCCNC(C)c1ccc(OC(C)C)cc1. The summed E-state index contributed by atoms with van der Waals surface area (Å²) >= 11 is 0. The summed E-state index contributed by atoms with van der Waals surface area (Å²) < 4.78 is 10.7. The van der Waals surface area contributed by atoms with E-state index >= 15 is 0 Å². The molecule has 1 aromatic carbocycles. The Bertz CT molecular complexity index is 349. The highest BCUT2D eigenvalue weighted by Crippen LogP contribution is 2.18. The molecule has 0 aromatic heterocycles. The Kier molecular flexibility index (Phi) is 8.31. The number of ether oxygens (including phenoxy) is 2. The van der Waals surface area contributed by atoms with Gasteiger partial charge in [-0.3, -0.25) is 0 Å². The van der Waals surface area contributed by atoms with Crippen molar-refractivity contribution >= 4 is 0 Å². The molecule has 0 amide bonds. The normalized spacial score (nSPS) is 12.7. The second-order valence-electron chi connectivity index (χ2n) is 5.46. The Morgan fingerprint density at radius 1 is 1.00 bits per heavy atom. The van der Waals surface area contributed by atoms with Crippen LogP contribution in [-0.2, 0) is 4.74 Å². The zero-order valence-electron chi connectivity index (χ0n) is 13.3. The number of rotatable bonds is 10. The molecule has 1 aromatic rings. The van der Waals surface area contributed by atoms with Crippen molar-refractivity contribution in [1.29, 1.82) is 0 Å². The maximum absolute atomic E-state index is 5.65. The Labute approximate surface area is 123 Å². The van der Waals surface area contributed by atoms with E-state index in [-0.39, 0.29) is 6.10 Å². The fraction of sp³-hybridized carbons (Fsp3) is 0.647. The summed E-state index contributed by atoms with van der Waals surface area (Å²) in [7, 11) is 1.76. The maximum atomic E-state index is 5.65.